The maximum Gasteiger partial charge on any atom is 0.500 e. The van der Waals surface area contributed by atoms with Crippen molar-refractivity contribution in [2.75, 3.05) is 26.7 Å². The van der Waals surface area contributed by atoms with Gasteiger partial charge in [0.15, 0.2) is 0 Å². The fraction of sp³-hybridized carbons (Fsp3) is 1.00. The number of halogens is 2. The van der Waals surface area contributed by atoms with Gasteiger partial charge in [-0.05, 0) is 6.42 Å². The number of hydrogen-bond acceptors (Lipinski definition) is 3. The molecule has 0 aliphatic carbocycles. The molecule has 0 aliphatic heterocycles. The molecule has 136 valence electrons. The third-order valence-corrected chi connectivity index (χ3v) is 6.60. The zero-order valence-corrected chi connectivity index (χ0v) is 17.5. The van der Waals surface area contributed by atoms with Crippen LogP contribution in [0.2, 0.25) is 6.04 Å². The molecule has 22 heavy (non-hydrogen) atoms. The number of alkyl halides is 2. The van der Waals surface area contributed by atoms with Crippen LogP contribution in [0.4, 0.5) is 0 Å². The van der Waals surface area contributed by atoms with Crippen LogP contribution in [0.1, 0.15) is 71.1 Å². The van der Waals surface area contributed by atoms with Gasteiger partial charge in [0.2, 0.25) is 0 Å². The molecule has 3 nitrogen and oxygen atoms in total. The first-order chi connectivity index (χ1) is 10.7. The summed E-state index contributed by atoms with van der Waals surface area (Å²) >= 11 is 9.53. The Balaban J connectivity index is 0. The Morgan fingerprint density at radius 2 is 0.955 bits per heavy atom. The Kier molecular flexibility index (Phi) is 22.3. The van der Waals surface area contributed by atoms with Gasteiger partial charge in [-0.25, -0.2) is 0 Å². The van der Waals surface area contributed by atoms with Crippen LogP contribution in [0, 0.1) is 0 Å². The summed E-state index contributed by atoms with van der Waals surface area (Å²) in [6.45, 7) is 2.27. The van der Waals surface area contributed by atoms with Crippen LogP contribution in [0.3, 0.4) is 0 Å². The van der Waals surface area contributed by atoms with Crippen molar-refractivity contribution < 1.29 is 13.3 Å². The molecule has 0 atom stereocenters. The third-order valence-electron chi connectivity index (χ3n) is 3.77. The summed E-state index contributed by atoms with van der Waals surface area (Å²) in [7, 11) is 2.76. The normalized spacial score (nSPS) is 11.2. The minimum atomic E-state index is -2.31. The van der Waals surface area contributed by atoms with Gasteiger partial charge in [-0.1, -0.05) is 64.7 Å². The molecule has 0 aromatic carbocycles. The summed E-state index contributed by atoms with van der Waals surface area (Å²) in [6.07, 6.45) is 13.5. The SMILES string of the molecule is CCCCCCCCCCCC[Si](OC)(OC)OC.ClCCl. The van der Waals surface area contributed by atoms with E-state index in [9.17, 15) is 0 Å². The first kappa shape index (κ1) is 24.9. The van der Waals surface area contributed by atoms with E-state index >= 15 is 0 Å². The molecule has 0 rings (SSSR count). The third kappa shape index (κ3) is 15.6. The maximum atomic E-state index is 5.41. The molecular formula is C16H36Cl2O3Si. The molecule has 0 amide bonds. The zero-order chi connectivity index (χ0) is 17.1. The smallest absolute Gasteiger partial charge is 0.377 e. The van der Waals surface area contributed by atoms with Crippen molar-refractivity contribution in [3.8, 4) is 0 Å². The van der Waals surface area contributed by atoms with Crippen molar-refractivity contribution >= 4 is 32.0 Å². The first-order valence-electron chi connectivity index (χ1n) is 8.43. The fourth-order valence-corrected chi connectivity index (χ4v) is 4.18. The summed E-state index contributed by atoms with van der Waals surface area (Å²) in [4.78, 5) is 0. The average molecular weight is 375 g/mol. The highest BCUT2D eigenvalue weighted by atomic mass is 35.5. The van der Waals surface area contributed by atoms with Crippen molar-refractivity contribution in [1.82, 2.24) is 0 Å². The molecule has 0 aromatic heterocycles. The van der Waals surface area contributed by atoms with Gasteiger partial charge in [-0.15, -0.1) is 23.2 Å². The molecule has 0 N–H and O–H groups in total. The van der Waals surface area contributed by atoms with Gasteiger partial charge in [-0.3, -0.25) is 0 Å². The van der Waals surface area contributed by atoms with E-state index in [-0.39, 0.29) is 5.34 Å². The van der Waals surface area contributed by atoms with Gasteiger partial charge in [0, 0.05) is 27.4 Å². The standard InChI is InChI=1S/C15H34O3Si.CH2Cl2/c1-5-6-7-8-9-10-11-12-13-14-15-19(16-2,17-3)18-4;2-1-3/h5-15H2,1-4H3;1H2. The minimum Gasteiger partial charge on any atom is -0.377 e. The fourth-order valence-electron chi connectivity index (χ4n) is 2.39. The molecular weight excluding hydrogens is 339 g/mol. The van der Waals surface area contributed by atoms with E-state index in [1.807, 2.05) is 0 Å². The molecule has 6 heteroatoms. The summed E-state index contributed by atoms with van der Waals surface area (Å²) in [6, 6.07) is 0.938. The van der Waals surface area contributed by atoms with E-state index in [4.69, 9.17) is 36.5 Å². The van der Waals surface area contributed by atoms with Crippen LogP contribution in [-0.4, -0.2) is 35.5 Å². The quantitative estimate of drug-likeness (QED) is 0.205. The lowest BCUT2D eigenvalue weighted by atomic mass is 10.1. The summed E-state index contributed by atoms with van der Waals surface area (Å²) in [5.41, 5.74) is 0. The molecule has 0 heterocycles. The van der Waals surface area contributed by atoms with Crippen LogP contribution >= 0.6 is 23.2 Å². The summed E-state index contributed by atoms with van der Waals surface area (Å²) in [5.74, 6) is 0. The lowest BCUT2D eigenvalue weighted by Crippen LogP contribution is -2.42. The number of unbranched alkanes of at least 4 members (excludes halogenated alkanes) is 9. The predicted molar refractivity (Wildman–Crippen MR) is 100 cm³/mol. The summed E-state index contributed by atoms with van der Waals surface area (Å²) < 4.78 is 16.2. The largest absolute Gasteiger partial charge is 0.500 e. The van der Waals surface area contributed by atoms with Crippen LogP contribution < -0.4 is 0 Å². The zero-order valence-electron chi connectivity index (χ0n) is 15.0. The van der Waals surface area contributed by atoms with Crippen LogP contribution in [0.15, 0.2) is 0 Å². The van der Waals surface area contributed by atoms with Crippen LogP contribution in [-0.2, 0) is 13.3 Å². The Morgan fingerprint density at radius 3 is 1.27 bits per heavy atom. The lowest BCUT2D eigenvalue weighted by Gasteiger charge is -2.24. The van der Waals surface area contributed by atoms with E-state index in [0.717, 1.165) is 12.5 Å². The van der Waals surface area contributed by atoms with E-state index in [1.54, 1.807) is 21.3 Å². The average Bonchev–Trinajstić information content (AvgIpc) is 2.54. The van der Waals surface area contributed by atoms with Crippen molar-refractivity contribution in [2.24, 2.45) is 0 Å². The molecule has 0 radical (unpaired) electrons. The van der Waals surface area contributed by atoms with E-state index in [2.05, 4.69) is 6.92 Å². The molecule has 0 saturated carbocycles. The summed E-state index contributed by atoms with van der Waals surface area (Å²) in [5, 5.41) is 0.194. The molecule has 0 spiro atoms. The highest BCUT2D eigenvalue weighted by Gasteiger charge is 2.36. The van der Waals surface area contributed by atoms with Crippen molar-refractivity contribution in [2.45, 2.75) is 77.2 Å². The molecule has 0 aromatic rings. The second-order valence-corrected chi connectivity index (χ2v) is 9.23. The Morgan fingerprint density at radius 1 is 0.636 bits per heavy atom. The lowest BCUT2D eigenvalue weighted by molar-refractivity contribution is 0.122. The van der Waals surface area contributed by atoms with Crippen molar-refractivity contribution in [1.29, 1.82) is 0 Å². The Bertz CT molecular complexity index is 198. The number of hydrogen-bond donors (Lipinski definition) is 0. The van der Waals surface area contributed by atoms with Crippen molar-refractivity contribution in [3.63, 3.8) is 0 Å². The molecule has 0 unspecified atom stereocenters. The van der Waals surface area contributed by atoms with Gasteiger partial charge < -0.3 is 13.3 Å². The van der Waals surface area contributed by atoms with Crippen LogP contribution in [0.25, 0.3) is 0 Å². The minimum absolute atomic E-state index is 0.194. The van der Waals surface area contributed by atoms with E-state index in [0.29, 0.717) is 0 Å². The Labute approximate surface area is 149 Å². The van der Waals surface area contributed by atoms with Crippen molar-refractivity contribution in [3.05, 3.63) is 0 Å². The second-order valence-electron chi connectivity index (χ2n) is 5.33. The van der Waals surface area contributed by atoms with E-state index in [1.165, 1.54) is 57.8 Å². The monoisotopic (exact) mass is 374 g/mol. The molecule has 0 saturated heterocycles. The topological polar surface area (TPSA) is 27.7 Å². The maximum absolute atomic E-state index is 5.41. The molecule has 0 bridgehead atoms. The number of rotatable bonds is 14. The molecule has 0 fully saturated rings. The highest BCUT2D eigenvalue weighted by molar-refractivity contribution is 6.60. The Hall–Kier alpha value is 0.677. The molecule has 0 aliphatic rings. The highest BCUT2D eigenvalue weighted by Crippen LogP contribution is 2.18. The van der Waals surface area contributed by atoms with Crippen LogP contribution in [0.5, 0.6) is 0 Å². The second kappa shape index (κ2) is 19.7. The predicted octanol–water partition coefficient (Wildman–Crippen LogP) is 6.21. The van der Waals surface area contributed by atoms with Gasteiger partial charge >= 0.3 is 8.80 Å². The van der Waals surface area contributed by atoms with Gasteiger partial charge in [0.05, 0.1) is 5.34 Å². The van der Waals surface area contributed by atoms with Gasteiger partial charge in [-0.2, -0.15) is 0 Å². The van der Waals surface area contributed by atoms with Gasteiger partial charge in [0.25, 0.3) is 0 Å². The first-order valence-corrected chi connectivity index (χ1v) is 11.4. The van der Waals surface area contributed by atoms with Gasteiger partial charge in [0.1, 0.15) is 0 Å². The van der Waals surface area contributed by atoms with E-state index < -0.39 is 8.80 Å².